The highest BCUT2D eigenvalue weighted by atomic mass is 32.1. The first-order valence-corrected chi connectivity index (χ1v) is 6.11. The number of hydrogen-bond acceptors (Lipinski definition) is 7. The van der Waals surface area contributed by atoms with Gasteiger partial charge >= 0.3 is 0 Å². The second kappa shape index (κ2) is 4.91. The van der Waals surface area contributed by atoms with Gasteiger partial charge in [-0.25, -0.2) is 0 Å². The molecule has 92 valence electrons. The van der Waals surface area contributed by atoms with Crippen LogP contribution >= 0.6 is 11.3 Å². The van der Waals surface area contributed by atoms with E-state index < -0.39 is 5.54 Å². The molecule has 0 radical (unpaired) electrons. The maximum Gasteiger partial charge on any atom is 0.269 e. The Morgan fingerprint density at radius 3 is 3.06 bits per heavy atom. The summed E-state index contributed by atoms with van der Waals surface area (Å²) >= 11 is 1.44. The molecule has 2 rings (SSSR count). The molecule has 0 aliphatic carbocycles. The molecule has 2 aromatic heterocycles. The van der Waals surface area contributed by atoms with Gasteiger partial charge in [0.05, 0.1) is 18.3 Å². The standard InChI is InChI=1S/C10H14N4O2S/c1-3-15-5-10(2,11)9-13-8(16-14-9)7-4-12-6-17-7/h4,6H,3,5,11H2,1-2H3. The maximum absolute atomic E-state index is 6.07. The van der Waals surface area contributed by atoms with E-state index in [4.69, 9.17) is 15.0 Å². The summed E-state index contributed by atoms with van der Waals surface area (Å²) < 4.78 is 10.4. The average molecular weight is 254 g/mol. The molecule has 0 aliphatic rings. The molecule has 0 fully saturated rings. The summed E-state index contributed by atoms with van der Waals surface area (Å²) in [5, 5.41) is 3.88. The zero-order valence-electron chi connectivity index (χ0n) is 9.71. The smallest absolute Gasteiger partial charge is 0.269 e. The van der Waals surface area contributed by atoms with Crippen LogP contribution in [-0.2, 0) is 10.3 Å². The van der Waals surface area contributed by atoms with Gasteiger partial charge in [0.2, 0.25) is 0 Å². The molecule has 2 aromatic rings. The number of thiazole rings is 1. The fourth-order valence-electron chi connectivity index (χ4n) is 1.26. The predicted octanol–water partition coefficient (Wildman–Crippen LogP) is 1.40. The lowest BCUT2D eigenvalue weighted by Crippen LogP contribution is -2.39. The van der Waals surface area contributed by atoms with Gasteiger partial charge < -0.3 is 15.0 Å². The Hall–Kier alpha value is -1.31. The molecule has 0 saturated heterocycles. The van der Waals surface area contributed by atoms with E-state index in [1.54, 1.807) is 11.7 Å². The van der Waals surface area contributed by atoms with Crippen molar-refractivity contribution in [1.29, 1.82) is 0 Å². The SMILES string of the molecule is CCOCC(C)(N)c1noc(-c2cncs2)n1. The number of nitrogens with two attached hydrogens (primary N) is 1. The van der Waals surface area contributed by atoms with Crippen molar-refractivity contribution in [3.05, 3.63) is 17.5 Å². The first-order chi connectivity index (χ1) is 8.13. The zero-order chi connectivity index (χ0) is 12.3. The minimum atomic E-state index is -0.748. The van der Waals surface area contributed by atoms with Crippen LogP contribution < -0.4 is 5.73 Å². The van der Waals surface area contributed by atoms with Crippen molar-refractivity contribution in [2.45, 2.75) is 19.4 Å². The molecular weight excluding hydrogens is 240 g/mol. The molecule has 0 aromatic carbocycles. The van der Waals surface area contributed by atoms with Crippen molar-refractivity contribution in [3.63, 3.8) is 0 Å². The molecule has 0 spiro atoms. The fraction of sp³-hybridized carbons (Fsp3) is 0.500. The highest BCUT2D eigenvalue weighted by molar-refractivity contribution is 7.13. The van der Waals surface area contributed by atoms with E-state index in [0.29, 0.717) is 24.9 Å². The summed E-state index contributed by atoms with van der Waals surface area (Å²) in [4.78, 5) is 9.05. The van der Waals surface area contributed by atoms with Crippen LogP contribution in [0, 0.1) is 0 Å². The molecule has 0 bridgehead atoms. The summed E-state index contributed by atoms with van der Waals surface area (Å²) in [5.41, 5.74) is 7.03. The van der Waals surface area contributed by atoms with Crippen molar-refractivity contribution in [2.24, 2.45) is 5.73 Å². The quantitative estimate of drug-likeness (QED) is 0.867. The number of rotatable bonds is 5. The molecule has 1 atom stereocenters. The van der Waals surface area contributed by atoms with E-state index >= 15 is 0 Å². The first kappa shape index (κ1) is 12.2. The number of ether oxygens (including phenoxy) is 1. The number of hydrogen-bond donors (Lipinski definition) is 1. The summed E-state index contributed by atoms with van der Waals surface area (Å²) in [6, 6.07) is 0. The van der Waals surface area contributed by atoms with Gasteiger partial charge in [0.1, 0.15) is 10.4 Å². The van der Waals surface area contributed by atoms with Crippen LogP contribution in [0.2, 0.25) is 0 Å². The Kier molecular flexibility index (Phi) is 3.51. The lowest BCUT2D eigenvalue weighted by atomic mass is 10.1. The topological polar surface area (TPSA) is 87.1 Å². The van der Waals surface area contributed by atoms with Crippen LogP contribution in [0.4, 0.5) is 0 Å². The molecular formula is C10H14N4O2S. The van der Waals surface area contributed by atoms with E-state index in [9.17, 15) is 0 Å². The van der Waals surface area contributed by atoms with Gasteiger partial charge in [0, 0.05) is 6.61 Å². The van der Waals surface area contributed by atoms with Gasteiger partial charge in [-0.2, -0.15) is 4.98 Å². The predicted molar refractivity (Wildman–Crippen MR) is 63.4 cm³/mol. The van der Waals surface area contributed by atoms with Crippen molar-refractivity contribution in [2.75, 3.05) is 13.2 Å². The van der Waals surface area contributed by atoms with E-state index in [0.717, 1.165) is 4.88 Å². The molecule has 7 heteroatoms. The monoisotopic (exact) mass is 254 g/mol. The third kappa shape index (κ3) is 2.68. The van der Waals surface area contributed by atoms with Crippen LogP contribution in [0.25, 0.3) is 10.8 Å². The molecule has 0 saturated carbocycles. The van der Waals surface area contributed by atoms with Crippen LogP contribution in [0.5, 0.6) is 0 Å². The Bertz CT molecular complexity index is 466. The Morgan fingerprint density at radius 2 is 2.41 bits per heavy atom. The molecule has 2 N–H and O–H groups in total. The van der Waals surface area contributed by atoms with Crippen molar-refractivity contribution < 1.29 is 9.26 Å². The van der Waals surface area contributed by atoms with Gasteiger partial charge in [-0.05, 0) is 13.8 Å². The van der Waals surface area contributed by atoms with E-state index in [-0.39, 0.29) is 0 Å². The highest BCUT2D eigenvalue weighted by Crippen LogP contribution is 2.23. The second-order valence-corrected chi connectivity index (χ2v) is 4.73. The Balaban J connectivity index is 2.18. The van der Waals surface area contributed by atoms with Gasteiger partial charge in [-0.15, -0.1) is 11.3 Å². The van der Waals surface area contributed by atoms with Crippen LogP contribution in [0.1, 0.15) is 19.7 Å². The second-order valence-electron chi connectivity index (χ2n) is 3.84. The van der Waals surface area contributed by atoms with Crippen LogP contribution in [0.3, 0.4) is 0 Å². The summed E-state index contributed by atoms with van der Waals surface area (Å²) in [6.45, 7) is 4.68. The number of nitrogens with zero attached hydrogens (tertiary/aromatic N) is 3. The lowest BCUT2D eigenvalue weighted by molar-refractivity contribution is 0.0962. The first-order valence-electron chi connectivity index (χ1n) is 5.23. The van der Waals surface area contributed by atoms with Crippen LogP contribution in [0.15, 0.2) is 16.2 Å². The molecule has 17 heavy (non-hydrogen) atoms. The summed E-state index contributed by atoms with van der Waals surface area (Å²) in [6.07, 6.45) is 1.68. The molecule has 2 heterocycles. The van der Waals surface area contributed by atoms with E-state index in [1.165, 1.54) is 11.3 Å². The van der Waals surface area contributed by atoms with Gasteiger partial charge in [0.15, 0.2) is 5.82 Å². The van der Waals surface area contributed by atoms with Gasteiger partial charge in [0.25, 0.3) is 5.89 Å². The highest BCUT2D eigenvalue weighted by Gasteiger charge is 2.28. The van der Waals surface area contributed by atoms with Crippen molar-refractivity contribution >= 4 is 11.3 Å². The van der Waals surface area contributed by atoms with Crippen LogP contribution in [-0.4, -0.2) is 28.3 Å². The molecule has 1 unspecified atom stereocenters. The lowest BCUT2D eigenvalue weighted by Gasteiger charge is -2.19. The molecule has 0 amide bonds. The van der Waals surface area contributed by atoms with E-state index in [2.05, 4.69) is 15.1 Å². The average Bonchev–Trinajstić information content (AvgIpc) is 2.95. The Morgan fingerprint density at radius 1 is 1.59 bits per heavy atom. The maximum atomic E-state index is 6.07. The summed E-state index contributed by atoms with van der Waals surface area (Å²) in [5.74, 6) is 0.880. The third-order valence-corrected chi connectivity index (χ3v) is 2.95. The zero-order valence-corrected chi connectivity index (χ0v) is 10.5. The normalized spacial score (nSPS) is 14.8. The number of aromatic nitrogens is 3. The van der Waals surface area contributed by atoms with Gasteiger partial charge in [-0.3, -0.25) is 4.98 Å². The van der Waals surface area contributed by atoms with E-state index in [1.807, 2.05) is 13.8 Å². The van der Waals surface area contributed by atoms with Crippen molar-refractivity contribution in [1.82, 2.24) is 15.1 Å². The minimum absolute atomic E-state index is 0.352. The Labute approximate surface area is 103 Å². The molecule has 0 aliphatic heterocycles. The van der Waals surface area contributed by atoms with Crippen molar-refractivity contribution in [3.8, 4) is 10.8 Å². The largest absolute Gasteiger partial charge is 0.379 e. The minimum Gasteiger partial charge on any atom is -0.379 e. The molecule has 6 nitrogen and oxygen atoms in total. The fourth-order valence-corrected chi connectivity index (χ4v) is 1.80. The summed E-state index contributed by atoms with van der Waals surface area (Å²) in [7, 11) is 0. The van der Waals surface area contributed by atoms with Gasteiger partial charge in [-0.1, -0.05) is 5.16 Å². The third-order valence-electron chi connectivity index (χ3n) is 2.19.